The fourth-order valence-electron chi connectivity index (χ4n) is 2.57. The molecule has 0 bridgehead atoms. The number of methoxy groups -OCH3 is 2. The van der Waals surface area contributed by atoms with Crippen LogP contribution < -0.4 is 14.9 Å². The average molecular weight is 354 g/mol. The first-order valence-electron chi connectivity index (χ1n) is 7.98. The van der Waals surface area contributed by atoms with Crippen molar-refractivity contribution in [3.63, 3.8) is 0 Å². The molecule has 0 radical (unpaired) electrons. The Morgan fingerprint density at radius 3 is 2.38 bits per heavy atom. The molecule has 0 aliphatic heterocycles. The maximum absolute atomic E-state index is 12.8. The van der Waals surface area contributed by atoms with Crippen molar-refractivity contribution in [2.24, 2.45) is 0 Å². The Kier molecular flexibility index (Phi) is 4.93. The van der Waals surface area contributed by atoms with E-state index in [2.05, 4.69) is 4.74 Å². The monoisotopic (exact) mass is 354 g/mol. The summed E-state index contributed by atoms with van der Waals surface area (Å²) in [4.78, 5) is 24.2. The van der Waals surface area contributed by atoms with Gasteiger partial charge in [-0.25, -0.2) is 4.79 Å². The van der Waals surface area contributed by atoms with E-state index in [9.17, 15) is 9.59 Å². The molecule has 3 aromatic rings. The summed E-state index contributed by atoms with van der Waals surface area (Å²) in [5.41, 5.74) is 1.42. The number of hydrogen-bond donors (Lipinski definition) is 0. The summed E-state index contributed by atoms with van der Waals surface area (Å²) >= 11 is 0. The summed E-state index contributed by atoms with van der Waals surface area (Å²) in [7, 11) is 2.88. The Labute approximate surface area is 149 Å². The standard InChI is InChI=1S/C20H18O6/c1-12(20(22)24-3)26-15-8-9-16-18(10-15)25-11-17(19(16)21)13-4-6-14(23-2)7-5-13/h4-12H,1-3H3/t12-/m0/s1. The van der Waals surface area contributed by atoms with Crippen molar-refractivity contribution in [3.05, 3.63) is 59.0 Å². The summed E-state index contributed by atoms with van der Waals surface area (Å²) in [5.74, 6) is 0.637. The van der Waals surface area contributed by atoms with Crippen LogP contribution >= 0.6 is 0 Å². The van der Waals surface area contributed by atoms with Gasteiger partial charge in [0.2, 0.25) is 0 Å². The molecule has 0 amide bonds. The Hall–Kier alpha value is -3.28. The molecule has 0 aliphatic carbocycles. The van der Waals surface area contributed by atoms with Gasteiger partial charge in [-0.3, -0.25) is 4.79 Å². The zero-order valence-electron chi connectivity index (χ0n) is 14.6. The van der Waals surface area contributed by atoms with Crippen molar-refractivity contribution >= 4 is 16.9 Å². The molecule has 26 heavy (non-hydrogen) atoms. The minimum Gasteiger partial charge on any atom is -0.497 e. The fourth-order valence-corrected chi connectivity index (χ4v) is 2.57. The van der Waals surface area contributed by atoms with Crippen LogP contribution in [-0.2, 0) is 9.53 Å². The second kappa shape index (κ2) is 7.31. The Morgan fingerprint density at radius 2 is 1.73 bits per heavy atom. The number of rotatable bonds is 5. The molecule has 6 heteroatoms. The van der Waals surface area contributed by atoms with Crippen LogP contribution in [0.15, 0.2) is 57.9 Å². The van der Waals surface area contributed by atoms with Gasteiger partial charge < -0.3 is 18.6 Å². The quantitative estimate of drug-likeness (QED) is 0.654. The Bertz CT molecular complexity index is 987. The predicted molar refractivity (Wildman–Crippen MR) is 96.6 cm³/mol. The third kappa shape index (κ3) is 3.39. The van der Waals surface area contributed by atoms with Crippen LogP contribution in [0.3, 0.4) is 0 Å². The molecular formula is C20H18O6. The van der Waals surface area contributed by atoms with E-state index in [1.807, 2.05) is 0 Å². The molecule has 0 fully saturated rings. The maximum atomic E-state index is 12.8. The van der Waals surface area contributed by atoms with E-state index in [-0.39, 0.29) is 5.43 Å². The topological polar surface area (TPSA) is 75.0 Å². The van der Waals surface area contributed by atoms with Crippen molar-refractivity contribution in [2.45, 2.75) is 13.0 Å². The van der Waals surface area contributed by atoms with Gasteiger partial charge in [0.25, 0.3) is 0 Å². The second-order valence-electron chi connectivity index (χ2n) is 5.65. The molecule has 0 spiro atoms. The van der Waals surface area contributed by atoms with Crippen molar-refractivity contribution in [3.8, 4) is 22.6 Å². The first-order chi connectivity index (χ1) is 12.5. The molecule has 0 N–H and O–H groups in total. The highest BCUT2D eigenvalue weighted by atomic mass is 16.6. The molecular weight excluding hydrogens is 336 g/mol. The molecule has 0 saturated heterocycles. The van der Waals surface area contributed by atoms with Gasteiger partial charge in [0.1, 0.15) is 23.3 Å². The smallest absolute Gasteiger partial charge is 0.346 e. The van der Waals surface area contributed by atoms with Crippen LogP contribution in [0.4, 0.5) is 0 Å². The minimum absolute atomic E-state index is 0.149. The summed E-state index contributed by atoms with van der Waals surface area (Å²) in [6.45, 7) is 1.58. The predicted octanol–water partition coefficient (Wildman–Crippen LogP) is 3.41. The van der Waals surface area contributed by atoms with Gasteiger partial charge in [-0.1, -0.05) is 12.1 Å². The molecule has 0 unspecified atom stereocenters. The van der Waals surface area contributed by atoms with E-state index in [4.69, 9.17) is 13.9 Å². The van der Waals surface area contributed by atoms with E-state index in [1.54, 1.807) is 56.5 Å². The zero-order chi connectivity index (χ0) is 18.7. The van der Waals surface area contributed by atoms with Crippen molar-refractivity contribution in [1.29, 1.82) is 0 Å². The van der Waals surface area contributed by atoms with Gasteiger partial charge in [-0.15, -0.1) is 0 Å². The van der Waals surface area contributed by atoms with E-state index in [0.717, 1.165) is 5.56 Å². The van der Waals surface area contributed by atoms with Crippen molar-refractivity contribution in [2.75, 3.05) is 14.2 Å². The lowest BCUT2D eigenvalue weighted by Crippen LogP contribution is -2.24. The van der Waals surface area contributed by atoms with Gasteiger partial charge in [-0.2, -0.15) is 0 Å². The molecule has 1 heterocycles. The number of carbonyl (C=O) groups excluding carboxylic acids is 1. The van der Waals surface area contributed by atoms with Crippen molar-refractivity contribution in [1.82, 2.24) is 0 Å². The molecule has 3 rings (SSSR count). The lowest BCUT2D eigenvalue weighted by atomic mass is 10.1. The van der Waals surface area contributed by atoms with Crippen LogP contribution in [0.25, 0.3) is 22.1 Å². The highest BCUT2D eigenvalue weighted by Gasteiger charge is 2.16. The lowest BCUT2D eigenvalue weighted by Gasteiger charge is -2.12. The molecule has 134 valence electrons. The van der Waals surface area contributed by atoms with Gasteiger partial charge in [0.05, 0.1) is 25.2 Å². The van der Waals surface area contributed by atoms with E-state index < -0.39 is 12.1 Å². The number of carbonyl (C=O) groups is 1. The number of esters is 1. The number of benzene rings is 2. The highest BCUT2D eigenvalue weighted by Crippen LogP contribution is 2.25. The third-order valence-electron chi connectivity index (χ3n) is 3.99. The molecule has 1 aromatic heterocycles. The number of hydrogen-bond acceptors (Lipinski definition) is 6. The Balaban J connectivity index is 1.95. The second-order valence-corrected chi connectivity index (χ2v) is 5.65. The lowest BCUT2D eigenvalue weighted by molar-refractivity contribution is -0.147. The van der Waals surface area contributed by atoms with Gasteiger partial charge in [0.15, 0.2) is 11.5 Å². The highest BCUT2D eigenvalue weighted by molar-refractivity contribution is 5.83. The van der Waals surface area contributed by atoms with Crippen LogP contribution in [0.1, 0.15) is 6.92 Å². The molecule has 1 atom stereocenters. The number of ether oxygens (including phenoxy) is 3. The van der Waals surface area contributed by atoms with E-state index >= 15 is 0 Å². The first kappa shape index (κ1) is 17.5. The minimum atomic E-state index is -0.761. The van der Waals surface area contributed by atoms with Crippen LogP contribution in [0, 0.1) is 0 Å². The molecule has 6 nitrogen and oxygen atoms in total. The van der Waals surface area contributed by atoms with Crippen LogP contribution in [0.2, 0.25) is 0 Å². The summed E-state index contributed by atoms with van der Waals surface area (Å²) in [6.07, 6.45) is 0.655. The Morgan fingerprint density at radius 1 is 1.04 bits per heavy atom. The van der Waals surface area contributed by atoms with Gasteiger partial charge >= 0.3 is 5.97 Å². The van der Waals surface area contributed by atoms with Gasteiger partial charge in [0, 0.05) is 6.07 Å². The molecule has 0 aliphatic rings. The van der Waals surface area contributed by atoms with Crippen LogP contribution in [-0.4, -0.2) is 26.3 Å². The van der Waals surface area contributed by atoms with E-state index in [0.29, 0.717) is 28.0 Å². The average Bonchev–Trinajstić information content (AvgIpc) is 2.67. The summed E-state index contributed by atoms with van der Waals surface area (Å²) < 4.78 is 20.9. The zero-order valence-corrected chi connectivity index (χ0v) is 14.6. The van der Waals surface area contributed by atoms with Crippen molar-refractivity contribution < 1.29 is 23.4 Å². The van der Waals surface area contributed by atoms with Gasteiger partial charge in [-0.05, 0) is 36.8 Å². The first-order valence-corrected chi connectivity index (χ1v) is 7.98. The molecule has 0 saturated carbocycles. The third-order valence-corrected chi connectivity index (χ3v) is 3.99. The fraction of sp³-hybridized carbons (Fsp3) is 0.200. The molecule has 2 aromatic carbocycles. The normalized spacial score (nSPS) is 11.8. The maximum Gasteiger partial charge on any atom is 0.346 e. The summed E-state index contributed by atoms with van der Waals surface area (Å²) in [6, 6.07) is 12.0. The summed E-state index contributed by atoms with van der Waals surface area (Å²) in [5, 5.41) is 0.427. The number of fused-ring (bicyclic) bond motifs is 1. The SMILES string of the molecule is COC(=O)[C@H](C)Oc1ccc2c(=O)c(-c3ccc(OC)cc3)coc2c1. The largest absolute Gasteiger partial charge is 0.497 e. The van der Waals surface area contributed by atoms with E-state index in [1.165, 1.54) is 13.4 Å². The van der Waals surface area contributed by atoms with Crippen LogP contribution in [0.5, 0.6) is 11.5 Å².